The average molecular weight is 194 g/mol. The molecule has 0 saturated heterocycles. The van der Waals surface area contributed by atoms with E-state index >= 15 is 0 Å². The molecule has 0 N–H and O–H groups in total. The van der Waals surface area contributed by atoms with Crippen LogP contribution < -0.4 is 0 Å². The van der Waals surface area contributed by atoms with Gasteiger partial charge in [0.2, 0.25) is 5.78 Å². The van der Waals surface area contributed by atoms with Crippen molar-refractivity contribution in [2.75, 3.05) is 7.11 Å². The molecule has 0 aromatic carbocycles. The van der Waals surface area contributed by atoms with Crippen LogP contribution in [0.3, 0.4) is 0 Å². The lowest BCUT2D eigenvalue weighted by atomic mass is 9.76. The van der Waals surface area contributed by atoms with Gasteiger partial charge in [0, 0.05) is 20.4 Å². The van der Waals surface area contributed by atoms with Crippen molar-refractivity contribution in [3.05, 3.63) is 18.0 Å². The zero-order valence-electron chi connectivity index (χ0n) is 8.49. The molecule has 0 atom stereocenters. The molecule has 0 radical (unpaired) electrons. The standard InChI is InChI=1S/C10H14N2O2/c1-12-7-4-8(11-12)9(13)10(14-2)5-3-6-10/h4,7H,3,5-6H2,1-2H3. The van der Waals surface area contributed by atoms with Gasteiger partial charge in [-0.25, -0.2) is 0 Å². The van der Waals surface area contributed by atoms with E-state index < -0.39 is 5.60 Å². The number of nitrogens with zero attached hydrogens (tertiary/aromatic N) is 2. The Morgan fingerprint density at radius 1 is 1.64 bits per heavy atom. The lowest BCUT2D eigenvalue weighted by Crippen LogP contribution is -2.47. The van der Waals surface area contributed by atoms with Crippen molar-refractivity contribution in [3.63, 3.8) is 0 Å². The molecule has 1 aromatic heterocycles. The molecule has 0 aliphatic heterocycles. The van der Waals surface area contributed by atoms with E-state index in [9.17, 15) is 4.79 Å². The highest BCUT2D eigenvalue weighted by Crippen LogP contribution is 2.37. The maximum Gasteiger partial charge on any atom is 0.214 e. The van der Waals surface area contributed by atoms with E-state index in [2.05, 4.69) is 5.10 Å². The van der Waals surface area contributed by atoms with Gasteiger partial charge in [-0.15, -0.1) is 0 Å². The van der Waals surface area contributed by atoms with E-state index in [1.165, 1.54) is 0 Å². The summed E-state index contributed by atoms with van der Waals surface area (Å²) < 4.78 is 6.93. The third kappa shape index (κ3) is 1.26. The summed E-state index contributed by atoms with van der Waals surface area (Å²) in [4.78, 5) is 12.0. The van der Waals surface area contributed by atoms with Crippen LogP contribution in [0.5, 0.6) is 0 Å². The van der Waals surface area contributed by atoms with Crippen molar-refractivity contribution in [1.29, 1.82) is 0 Å². The first-order valence-corrected chi connectivity index (χ1v) is 4.77. The van der Waals surface area contributed by atoms with Crippen molar-refractivity contribution in [2.24, 2.45) is 7.05 Å². The fourth-order valence-electron chi connectivity index (χ4n) is 1.79. The fourth-order valence-corrected chi connectivity index (χ4v) is 1.79. The summed E-state index contributed by atoms with van der Waals surface area (Å²) in [7, 11) is 3.40. The Bertz CT molecular complexity index is 347. The molecule has 1 heterocycles. The van der Waals surface area contributed by atoms with Crippen LogP contribution in [-0.2, 0) is 11.8 Å². The number of carbonyl (C=O) groups is 1. The maximum atomic E-state index is 12.0. The highest BCUT2D eigenvalue weighted by molar-refractivity contribution is 6.01. The van der Waals surface area contributed by atoms with Crippen LogP contribution in [0.25, 0.3) is 0 Å². The number of ketones is 1. The third-order valence-electron chi connectivity index (χ3n) is 2.91. The van der Waals surface area contributed by atoms with Crippen LogP contribution in [0.1, 0.15) is 29.8 Å². The van der Waals surface area contributed by atoms with E-state index in [1.54, 1.807) is 31.1 Å². The molecule has 1 fully saturated rings. The molecule has 1 saturated carbocycles. The van der Waals surface area contributed by atoms with E-state index in [4.69, 9.17) is 4.74 Å². The van der Waals surface area contributed by atoms with Gasteiger partial charge in [-0.2, -0.15) is 5.10 Å². The van der Waals surface area contributed by atoms with Gasteiger partial charge in [-0.3, -0.25) is 9.48 Å². The van der Waals surface area contributed by atoms with Crippen LogP contribution >= 0.6 is 0 Å². The lowest BCUT2D eigenvalue weighted by molar-refractivity contribution is -0.0451. The average Bonchev–Trinajstić information content (AvgIpc) is 2.50. The number of Topliss-reactive ketones (excluding diaryl/α,β-unsaturated/α-hetero) is 1. The second-order valence-corrected chi connectivity index (χ2v) is 3.76. The van der Waals surface area contributed by atoms with Gasteiger partial charge in [-0.1, -0.05) is 0 Å². The molecule has 1 aromatic rings. The van der Waals surface area contributed by atoms with Crippen LogP contribution in [0.2, 0.25) is 0 Å². The molecule has 1 aliphatic carbocycles. The van der Waals surface area contributed by atoms with Crippen LogP contribution in [-0.4, -0.2) is 28.3 Å². The van der Waals surface area contributed by atoms with Crippen molar-refractivity contribution in [3.8, 4) is 0 Å². The summed E-state index contributed by atoms with van der Waals surface area (Å²) in [5.74, 6) is 0.0202. The molecule has 1 aliphatic rings. The number of hydrogen-bond acceptors (Lipinski definition) is 3. The van der Waals surface area contributed by atoms with E-state index in [-0.39, 0.29) is 5.78 Å². The van der Waals surface area contributed by atoms with Gasteiger partial charge in [0.1, 0.15) is 11.3 Å². The number of rotatable bonds is 3. The molecular formula is C10H14N2O2. The van der Waals surface area contributed by atoms with E-state index in [0.29, 0.717) is 5.69 Å². The molecule has 4 nitrogen and oxygen atoms in total. The Balaban J connectivity index is 2.23. The molecule has 0 bridgehead atoms. The van der Waals surface area contributed by atoms with Gasteiger partial charge >= 0.3 is 0 Å². The predicted octanol–water partition coefficient (Wildman–Crippen LogP) is 1.17. The van der Waals surface area contributed by atoms with Gasteiger partial charge in [0.15, 0.2) is 0 Å². The molecule has 14 heavy (non-hydrogen) atoms. The minimum absolute atomic E-state index is 0.0202. The fraction of sp³-hybridized carbons (Fsp3) is 0.600. The molecule has 4 heteroatoms. The third-order valence-corrected chi connectivity index (χ3v) is 2.91. The Labute approximate surface area is 82.9 Å². The molecule has 76 valence electrons. The van der Waals surface area contributed by atoms with Crippen LogP contribution in [0.4, 0.5) is 0 Å². The molecule has 0 unspecified atom stereocenters. The number of aromatic nitrogens is 2. The summed E-state index contributed by atoms with van der Waals surface area (Å²) in [6.45, 7) is 0. The van der Waals surface area contributed by atoms with Crippen molar-refractivity contribution < 1.29 is 9.53 Å². The maximum absolute atomic E-state index is 12.0. The number of aryl methyl sites for hydroxylation is 1. The number of ether oxygens (including phenoxy) is 1. The number of methoxy groups -OCH3 is 1. The van der Waals surface area contributed by atoms with Gasteiger partial charge in [0.05, 0.1) is 0 Å². The lowest BCUT2D eigenvalue weighted by Gasteiger charge is -2.38. The Kier molecular flexibility index (Phi) is 2.15. The zero-order chi connectivity index (χ0) is 10.2. The Morgan fingerprint density at radius 2 is 2.36 bits per heavy atom. The first kappa shape index (κ1) is 9.40. The first-order valence-electron chi connectivity index (χ1n) is 4.77. The quantitative estimate of drug-likeness (QED) is 0.678. The second kappa shape index (κ2) is 3.20. The summed E-state index contributed by atoms with van der Waals surface area (Å²) in [6.07, 6.45) is 4.47. The van der Waals surface area contributed by atoms with Gasteiger partial charge in [-0.05, 0) is 25.3 Å². The first-order chi connectivity index (χ1) is 6.68. The highest BCUT2D eigenvalue weighted by atomic mass is 16.5. The van der Waals surface area contributed by atoms with Crippen LogP contribution in [0, 0.1) is 0 Å². The minimum atomic E-state index is -0.575. The van der Waals surface area contributed by atoms with E-state index in [1.807, 2.05) is 0 Å². The Morgan fingerprint density at radius 3 is 2.71 bits per heavy atom. The minimum Gasteiger partial charge on any atom is -0.370 e. The van der Waals surface area contributed by atoms with Gasteiger partial charge < -0.3 is 4.74 Å². The topological polar surface area (TPSA) is 44.1 Å². The van der Waals surface area contributed by atoms with Crippen LogP contribution in [0.15, 0.2) is 12.3 Å². The SMILES string of the molecule is COC1(C(=O)c2ccn(C)n2)CCC1. The Hall–Kier alpha value is -1.16. The molecule has 2 rings (SSSR count). The van der Waals surface area contributed by atoms with Crippen molar-refractivity contribution >= 4 is 5.78 Å². The predicted molar refractivity (Wildman–Crippen MR) is 51.1 cm³/mol. The largest absolute Gasteiger partial charge is 0.370 e. The molecular weight excluding hydrogens is 180 g/mol. The zero-order valence-corrected chi connectivity index (χ0v) is 8.49. The summed E-state index contributed by atoms with van der Waals surface area (Å²) >= 11 is 0. The molecule has 0 spiro atoms. The smallest absolute Gasteiger partial charge is 0.214 e. The summed E-state index contributed by atoms with van der Waals surface area (Å²) in [5.41, 5.74) is -0.0667. The van der Waals surface area contributed by atoms with Gasteiger partial charge in [0.25, 0.3) is 0 Å². The normalized spacial score (nSPS) is 19.0. The monoisotopic (exact) mass is 194 g/mol. The van der Waals surface area contributed by atoms with Crippen molar-refractivity contribution in [1.82, 2.24) is 9.78 Å². The van der Waals surface area contributed by atoms with Crippen molar-refractivity contribution in [2.45, 2.75) is 24.9 Å². The number of hydrogen-bond donors (Lipinski definition) is 0. The number of carbonyl (C=O) groups excluding carboxylic acids is 1. The molecule has 0 amide bonds. The second-order valence-electron chi connectivity index (χ2n) is 3.76. The highest BCUT2D eigenvalue weighted by Gasteiger charge is 2.45. The summed E-state index contributed by atoms with van der Waals surface area (Å²) in [6, 6.07) is 1.74. The van der Waals surface area contributed by atoms with E-state index in [0.717, 1.165) is 19.3 Å². The summed E-state index contributed by atoms with van der Waals surface area (Å²) in [5, 5.41) is 4.09.